The Morgan fingerprint density at radius 1 is 0.972 bits per heavy atom. The van der Waals surface area contributed by atoms with E-state index in [1.54, 1.807) is 22.0 Å². The lowest BCUT2D eigenvalue weighted by molar-refractivity contribution is -0.187. The van der Waals surface area contributed by atoms with Gasteiger partial charge in [-0.25, -0.2) is 14.8 Å². The molecule has 0 unspecified atom stereocenters. The third kappa shape index (κ3) is 5.87. The molecule has 0 aromatic heterocycles. The zero-order valence-corrected chi connectivity index (χ0v) is 21.3. The summed E-state index contributed by atoms with van der Waals surface area (Å²) in [4.78, 5) is 43.6. The average molecular weight is 492 g/mol. The number of urea groups is 1. The summed E-state index contributed by atoms with van der Waals surface area (Å²) in [6.45, 7) is 3.45. The van der Waals surface area contributed by atoms with E-state index >= 15 is 0 Å². The van der Waals surface area contributed by atoms with Crippen molar-refractivity contribution >= 4 is 17.8 Å². The van der Waals surface area contributed by atoms with Gasteiger partial charge in [-0.3, -0.25) is 9.59 Å². The standard InChI is InChI=1S/C28H37N5O3/c1-3-4-17-24-27(35)31(18-11-16-22-12-7-5-8-13-22)20-25-32(24)26(34)21-30(2)33(25)28(36)29-19-23-14-9-6-10-15-23/h5-10,12-15,24-25H,3-4,11,16-21H2,1-2H3,(H,29,36)/t24-,25-/m0/s1. The Labute approximate surface area is 213 Å². The molecular weight excluding hydrogens is 454 g/mol. The first-order valence-electron chi connectivity index (χ1n) is 13.0. The van der Waals surface area contributed by atoms with Crippen LogP contribution in [0.2, 0.25) is 0 Å². The number of rotatable bonds is 9. The maximum absolute atomic E-state index is 13.5. The maximum atomic E-state index is 13.5. The van der Waals surface area contributed by atoms with Crippen molar-refractivity contribution in [2.75, 3.05) is 26.7 Å². The minimum Gasteiger partial charge on any atom is -0.337 e. The van der Waals surface area contributed by atoms with E-state index < -0.39 is 12.2 Å². The second kappa shape index (κ2) is 12.0. The van der Waals surface area contributed by atoms with Crippen LogP contribution in [0.15, 0.2) is 60.7 Å². The Morgan fingerprint density at radius 3 is 2.31 bits per heavy atom. The maximum Gasteiger partial charge on any atom is 0.334 e. The Kier molecular flexibility index (Phi) is 8.59. The highest BCUT2D eigenvalue weighted by Crippen LogP contribution is 2.28. The lowest BCUT2D eigenvalue weighted by Gasteiger charge is -2.54. The van der Waals surface area contributed by atoms with Crippen LogP contribution < -0.4 is 5.32 Å². The molecule has 36 heavy (non-hydrogen) atoms. The average Bonchev–Trinajstić information content (AvgIpc) is 2.88. The number of hydrogen-bond donors (Lipinski definition) is 1. The number of amides is 4. The highest BCUT2D eigenvalue weighted by molar-refractivity contribution is 5.91. The second-order valence-electron chi connectivity index (χ2n) is 9.62. The molecular formula is C28H37N5O3. The second-order valence-corrected chi connectivity index (χ2v) is 9.62. The van der Waals surface area contributed by atoms with E-state index in [0.29, 0.717) is 26.1 Å². The van der Waals surface area contributed by atoms with E-state index in [1.165, 1.54) is 5.56 Å². The van der Waals surface area contributed by atoms with Gasteiger partial charge in [-0.1, -0.05) is 80.4 Å². The van der Waals surface area contributed by atoms with Crippen molar-refractivity contribution in [3.63, 3.8) is 0 Å². The van der Waals surface area contributed by atoms with E-state index in [-0.39, 0.29) is 24.4 Å². The molecule has 2 heterocycles. The predicted octanol–water partition coefficient (Wildman–Crippen LogP) is 3.25. The van der Waals surface area contributed by atoms with Gasteiger partial charge in [-0.2, -0.15) is 0 Å². The van der Waals surface area contributed by atoms with Gasteiger partial charge in [-0.15, -0.1) is 0 Å². The first kappa shape index (κ1) is 25.7. The summed E-state index contributed by atoms with van der Waals surface area (Å²) in [5.74, 6) is -0.108. The highest BCUT2D eigenvalue weighted by Gasteiger charge is 2.50. The fraction of sp³-hybridized carbons (Fsp3) is 0.464. The number of nitrogens with zero attached hydrogens (tertiary/aromatic N) is 4. The fourth-order valence-corrected chi connectivity index (χ4v) is 5.15. The van der Waals surface area contributed by atoms with Crippen molar-refractivity contribution in [2.45, 2.75) is 57.8 Å². The summed E-state index contributed by atoms with van der Waals surface area (Å²) in [7, 11) is 1.76. The van der Waals surface area contributed by atoms with Gasteiger partial charge in [0.1, 0.15) is 12.2 Å². The van der Waals surface area contributed by atoms with Crippen LogP contribution in [0.1, 0.15) is 43.7 Å². The zero-order chi connectivity index (χ0) is 25.5. The molecule has 0 spiro atoms. The number of fused-ring (bicyclic) bond motifs is 1. The summed E-state index contributed by atoms with van der Waals surface area (Å²) in [6.07, 6.45) is 3.57. The molecule has 2 aliphatic heterocycles. The molecule has 4 amide bonds. The van der Waals surface area contributed by atoms with Gasteiger partial charge in [0.15, 0.2) is 0 Å². The van der Waals surface area contributed by atoms with Gasteiger partial charge in [0.2, 0.25) is 11.8 Å². The van der Waals surface area contributed by atoms with Gasteiger partial charge in [-0.05, 0) is 30.4 Å². The molecule has 0 radical (unpaired) electrons. The topological polar surface area (TPSA) is 76.2 Å². The highest BCUT2D eigenvalue weighted by atomic mass is 16.2. The summed E-state index contributed by atoms with van der Waals surface area (Å²) < 4.78 is 0. The monoisotopic (exact) mass is 491 g/mol. The van der Waals surface area contributed by atoms with E-state index in [2.05, 4.69) is 24.4 Å². The van der Waals surface area contributed by atoms with Gasteiger partial charge >= 0.3 is 6.03 Å². The van der Waals surface area contributed by atoms with Gasteiger partial charge in [0, 0.05) is 20.1 Å². The molecule has 2 aromatic carbocycles. The predicted molar refractivity (Wildman–Crippen MR) is 138 cm³/mol. The van der Waals surface area contributed by atoms with E-state index in [4.69, 9.17) is 0 Å². The smallest absolute Gasteiger partial charge is 0.334 e. The first-order valence-corrected chi connectivity index (χ1v) is 13.0. The van der Waals surface area contributed by atoms with Crippen LogP contribution in [0, 0.1) is 0 Å². The third-order valence-electron chi connectivity index (χ3n) is 7.00. The minimum absolute atomic E-state index is 0.00434. The lowest BCUT2D eigenvalue weighted by Crippen LogP contribution is -2.76. The van der Waals surface area contributed by atoms with Crippen molar-refractivity contribution in [3.8, 4) is 0 Å². The number of hydrogen-bond acceptors (Lipinski definition) is 4. The normalized spacial score (nSPS) is 20.4. The molecule has 0 bridgehead atoms. The van der Waals surface area contributed by atoms with Crippen LogP contribution in [0.5, 0.6) is 0 Å². The molecule has 8 heteroatoms. The summed E-state index contributed by atoms with van der Waals surface area (Å²) in [6, 6.07) is 19.2. The molecule has 0 aliphatic carbocycles. The number of benzene rings is 2. The molecule has 2 fully saturated rings. The Morgan fingerprint density at radius 2 is 1.64 bits per heavy atom. The number of carbonyl (C=O) groups excluding carboxylic acids is 3. The molecule has 2 aliphatic rings. The molecule has 2 atom stereocenters. The number of piperazine rings is 1. The summed E-state index contributed by atoms with van der Waals surface area (Å²) in [5.41, 5.74) is 2.24. The van der Waals surface area contributed by atoms with E-state index in [0.717, 1.165) is 31.2 Å². The number of nitrogens with one attached hydrogen (secondary N) is 1. The van der Waals surface area contributed by atoms with Gasteiger partial charge in [0.25, 0.3) is 0 Å². The molecule has 2 aromatic rings. The fourth-order valence-electron chi connectivity index (χ4n) is 5.15. The number of hydrazine groups is 1. The molecule has 4 rings (SSSR count). The molecule has 2 saturated heterocycles. The number of likely N-dealkylation sites (N-methyl/N-ethyl adjacent to an activating group) is 1. The van der Waals surface area contributed by atoms with Crippen LogP contribution in [0.25, 0.3) is 0 Å². The van der Waals surface area contributed by atoms with Crippen LogP contribution in [0.4, 0.5) is 4.79 Å². The molecule has 192 valence electrons. The van der Waals surface area contributed by atoms with Crippen molar-refractivity contribution < 1.29 is 14.4 Å². The number of aryl methyl sites for hydroxylation is 1. The Bertz CT molecular complexity index is 1030. The number of carbonyl (C=O) groups is 3. The van der Waals surface area contributed by atoms with E-state index in [9.17, 15) is 14.4 Å². The van der Waals surface area contributed by atoms with Gasteiger partial charge < -0.3 is 15.1 Å². The van der Waals surface area contributed by atoms with Crippen LogP contribution in [0.3, 0.4) is 0 Å². The largest absolute Gasteiger partial charge is 0.337 e. The first-order chi connectivity index (χ1) is 17.5. The minimum atomic E-state index is -0.536. The lowest BCUT2D eigenvalue weighted by atomic mass is 10.0. The van der Waals surface area contributed by atoms with Gasteiger partial charge in [0.05, 0.1) is 13.1 Å². The molecule has 8 nitrogen and oxygen atoms in total. The van der Waals surface area contributed by atoms with Crippen molar-refractivity contribution in [1.29, 1.82) is 0 Å². The summed E-state index contributed by atoms with van der Waals surface area (Å²) >= 11 is 0. The third-order valence-corrected chi connectivity index (χ3v) is 7.00. The van der Waals surface area contributed by atoms with Crippen molar-refractivity contribution in [1.82, 2.24) is 25.1 Å². The SMILES string of the molecule is CCCC[C@H]1C(=O)N(CCCc2ccccc2)C[C@H]2N1C(=O)CN(C)N2C(=O)NCc1ccccc1. The quantitative estimate of drug-likeness (QED) is 0.584. The van der Waals surface area contributed by atoms with Crippen LogP contribution in [-0.4, -0.2) is 76.6 Å². The number of unbranched alkanes of at least 4 members (excludes halogenated alkanes) is 1. The van der Waals surface area contributed by atoms with Crippen LogP contribution >= 0.6 is 0 Å². The van der Waals surface area contributed by atoms with Crippen molar-refractivity contribution in [2.24, 2.45) is 0 Å². The zero-order valence-electron chi connectivity index (χ0n) is 21.3. The Balaban J connectivity index is 1.51. The molecule has 1 N–H and O–H groups in total. The molecule has 0 saturated carbocycles. The van der Waals surface area contributed by atoms with E-state index in [1.807, 2.05) is 53.4 Å². The van der Waals surface area contributed by atoms with Crippen molar-refractivity contribution in [3.05, 3.63) is 71.8 Å². The van der Waals surface area contributed by atoms with Crippen LogP contribution in [-0.2, 0) is 22.6 Å². The Hall–Kier alpha value is -3.39. The summed E-state index contributed by atoms with van der Waals surface area (Å²) in [5, 5.41) is 6.30.